The van der Waals surface area contributed by atoms with Crippen LogP contribution in [0.3, 0.4) is 0 Å². The highest BCUT2D eigenvalue weighted by Gasteiger charge is 2.32. The molecule has 1 aromatic rings. The van der Waals surface area contributed by atoms with Gasteiger partial charge in [0.25, 0.3) is 0 Å². The van der Waals surface area contributed by atoms with Crippen molar-refractivity contribution in [1.29, 1.82) is 0 Å². The van der Waals surface area contributed by atoms with E-state index in [1.165, 1.54) is 0 Å². The minimum absolute atomic E-state index is 0.00388. The zero-order valence-corrected chi connectivity index (χ0v) is 11.2. The lowest BCUT2D eigenvalue weighted by molar-refractivity contribution is -0.142. The molecule has 6 heteroatoms. The molecule has 96 valence electrons. The molecule has 2 N–H and O–H groups in total. The average Bonchev–Trinajstić information content (AvgIpc) is 3.14. The van der Waals surface area contributed by atoms with Crippen molar-refractivity contribution in [2.24, 2.45) is 5.92 Å². The van der Waals surface area contributed by atoms with Crippen LogP contribution in [0, 0.1) is 5.92 Å². The third-order valence-electron chi connectivity index (χ3n) is 2.82. The summed E-state index contributed by atoms with van der Waals surface area (Å²) in [5.74, 6) is -1.19. The number of amides is 1. The van der Waals surface area contributed by atoms with Crippen molar-refractivity contribution in [2.45, 2.75) is 25.3 Å². The van der Waals surface area contributed by atoms with Gasteiger partial charge in [-0.1, -0.05) is 6.07 Å². The Hall–Kier alpha value is -1.43. The van der Waals surface area contributed by atoms with E-state index >= 15 is 0 Å². The number of aliphatic carboxylic acids is 1. The van der Waals surface area contributed by atoms with Crippen molar-refractivity contribution in [2.75, 3.05) is 0 Å². The van der Waals surface area contributed by atoms with Crippen LogP contribution in [0.2, 0.25) is 0 Å². The first kappa shape index (κ1) is 13.0. The highest BCUT2D eigenvalue weighted by atomic mass is 79.9. The monoisotopic (exact) mass is 312 g/mol. The lowest BCUT2D eigenvalue weighted by Gasteiger charge is -2.14. The molecule has 1 fully saturated rings. The van der Waals surface area contributed by atoms with E-state index in [1.807, 2.05) is 0 Å². The normalized spacial score (nSPS) is 16.1. The van der Waals surface area contributed by atoms with Crippen LogP contribution in [0.4, 0.5) is 0 Å². The molecule has 0 unspecified atom stereocenters. The molecule has 1 aliphatic rings. The Morgan fingerprint density at radius 3 is 2.83 bits per heavy atom. The number of carboxylic acids is 1. The fourth-order valence-corrected chi connectivity index (χ4v) is 2.04. The number of hydrogen-bond acceptors (Lipinski definition) is 3. The summed E-state index contributed by atoms with van der Waals surface area (Å²) < 4.78 is 0.608. The Labute approximate surface area is 113 Å². The number of aromatic nitrogens is 1. The van der Waals surface area contributed by atoms with E-state index in [-0.39, 0.29) is 18.2 Å². The molecule has 1 saturated carbocycles. The number of pyridine rings is 1. The summed E-state index contributed by atoms with van der Waals surface area (Å²) >= 11 is 3.26. The fraction of sp³-hybridized carbons (Fsp3) is 0.417. The van der Waals surface area contributed by atoms with E-state index in [0.29, 0.717) is 4.60 Å². The fourth-order valence-electron chi connectivity index (χ4n) is 1.63. The number of carboxylic acid groups (broad SMARTS) is 1. The number of carbonyl (C=O) groups is 2. The first-order valence-corrected chi connectivity index (χ1v) is 6.50. The summed E-state index contributed by atoms with van der Waals surface area (Å²) in [5.41, 5.74) is 0.765. The van der Waals surface area contributed by atoms with Crippen LogP contribution in [0.1, 0.15) is 18.4 Å². The molecule has 0 bridgehead atoms. The maximum atomic E-state index is 11.6. The maximum Gasteiger partial charge on any atom is 0.326 e. The summed E-state index contributed by atoms with van der Waals surface area (Å²) in [6.45, 7) is 0. The topological polar surface area (TPSA) is 79.3 Å². The van der Waals surface area contributed by atoms with E-state index in [4.69, 9.17) is 5.11 Å². The predicted molar refractivity (Wildman–Crippen MR) is 67.9 cm³/mol. The molecule has 0 saturated heterocycles. The van der Waals surface area contributed by atoms with Gasteiger partial charge in [0, 0.05) is 18.5 Å². The van der Waals surface area contributed by atoms with Gasteiger partial charge >= 0.3 is 5.97 Å². The van der Waals surface area contributed by atoms with Crippen LogP contribution >= 0.6 is 15.9 Å². The molecular weight excluding hydrogens is 300 g/mol. The molecule has 1 aliphatic carbocycles. The van der Waals surface area contributed by atoms with Gasteiger partial charge in [-0.15, -0.1) is 0 Å². The van der Waals surface area contributed by atoms with Gasteiger partial charge in [0.2, 0.25) is 5.91 Å². The van der Waals surface area contributed by atoms with Crippen molar-refractivity contribution in [3.05, 3.63) is 28.5 Å². The number of halogens is 1. The molecule has 0 spiro atoms. The first-order chi connectivity index (χ1) is 8.58. The van der Waals surface area contributed by atoms with Gasteiger partial charge < -0.3 is 10.4 Å². The van der Waals surface area contributed by atoms with Crippen molar-refractivity contribution in [3.63, 3.8) is 0 Å². The highest BCUT2D eigenvalue weighted by molar-refractivity contribution is 9.10. The lowest BCUT2D eigenvalue weighted by Crippen LogP contribution is -2.43. The molecule has 1 atom stereocenters. The number of nitrogens with one attached hydrogen (secondary N) is 1. The van der Waals surface area contributed by atoms with E-state index < -0.39 is 12.0 Å². The molecule has 0 radical (unpaired) electrons. The Kier molecular flexibility index (Phi) is 3.96. The van der Waals surface area contributed by atoms with Gasteiger partial charge in [-0.25, -0.2) is 9.78 Å². The quantitative estimate of drug-likeness (QED) is 0.805. The minimum Gasteiger partial charge on any atom is -0.480 e. The number of carbonyl (C=O) groups excluding carboxylic acids is 1. The maximum absolute atomic E-state index is 11.6. The average molecular weight is 313 g/mol. The zero-order valence-electron chi connectivity index (χ0n) is 9.60. The Balaban J connectivity index is 2.04. The van der Waals surface area contributed by atoms with Gasteiger partial charge in [-0.3, -0.25) is 4.79 Å². The van der Waals surface area contributed by atoms with Crippen molar-refractivity contribution < 1.29 is 14.7 Å². The molecule has 0 aliphatic heterocycles. The minimum atomic E-state index is -1.03. The van der Waals surface area contributed by atoms with Crippen LogP contribution in [0.25, 0.3) is 0 Å². The Morgan fingerprint density at radius 2 is 2.28 bits per heavy atom. The van der Waals surface area contributed by atoms with Gasteiger partial charge in [0.1, 0.15) is 10.6 Å². The standard InChI is InChI=1S/C12H13BrN2O3/c13-10-8(2-1-5-14-10)6-9(12(17)18)15-11(16)7-3-4-7/h1-2,5,7,9H,3-4,6H2,(H,15,16)(H,17,18)/t9-/m0/s1. The molecule has 1 aromatic heterocycles. The van der Waals surface area contributed by atoms with E-state index in [1.54, 1.807) is 18.3 Å². The Bertz CT molecular complexity index is 474. The largest absolute Gasteiger partial charge is 0.480 e. The van der Waals surface area contributed by atoms with Crippen molar-refractivity contribution in [1.82, 2.24) is 10.3 Å². The van der Waals surface area contributed by atoms with E-state index in [0.717, 1.165) is 18.4 Å². The SMILES string of the molecule is O=C(N[C@@H](Cc1cccnc1Br)C(=O)O)C1CC1. The van der Waals surface area contributed by atoms with Crippen molar-refractivity contribution in [3.8, 4) is 0 Å². The third-order valence-corrected chi connectivity index (χ3v) is 3.54. The van der Waals surface area contributed by atoms with Crippen LogP contribution in [-0.4, -0.2) is 28.0 Å². The molecule has 1 amide bonds. The smallest absolute Gasteiger partial charge is 0.326 e. The molecule has 1 heterocycles. The Morgan fingerprint density at radius 1 is 1.56 bits per heavy atom. The van der Waals surface area contributed by atoms with E-state index in [9.17, 15) is 9.59 Å². The molecule has 5 nitrogen and oxygen atoms in total. The number of hydrogen-bond donors (Lipinski definition) is 2. The second-order valence-corrected chi connectivity index (χ2v) is 5.08. The summed E-state index contributed by atoms with van der Waals surface area (Å²) in [7, 11) is 0. The van der Waals surface area contributed by atoms with E-state index in [2.05, 4.69) is 26.2 Å². The van der Waals surface area contributed by atoms with Gasteiger partial charge in [0.05, 0.1) is 0 Å². The second kappa shape index (κ2) is 5.48. The lowest BCUT2D eigenvalue weighted by atomic mass is 10.1. The third kappa shape index (κ3) is 3.29. The molecule has 18 heavy (non-hydrogen) atoms. The number of nitrogens with zero attached hydrogens (tertiary/aromatic N) is 1. The summed E-state index contributed by atoms with van der Waals surface area (Å²) in [4.78, 5) is 26.8. The van der Waals surface area contributed by atoms with Gasteiger partial charge in [-0.2, -0.15) is 0 Å². The zero-order chi connectivity index (χ0) is 13.1. The van der Waals surface area contributed by atoms with Crippen LogP contribution in [-0.2, 0) is 16.0 Å². The first-order valence-electron chi connectivity index (χ1n) is 5.70. The highest BCUT2D eigenvalue weighted by Crippen LogP contribution is 2.29. The summed E-state index contributed by atoms with van der Waals surface area (Å²) in [5, 5.41) is 11.7. The summed E-state index contributed by atoms with van der Waals surface area (Å²) in [6.07, 6.45) is 3.55. The summed E-state index contributed by atoms with van der Waals surface area (Å²) in [6, 6.07) is 2.62. The second-order valence-electron chi connectivity index (χ2n) is 4.33. The van der Waals surface area contributed by atoms with Gasteiger partial charge in [-0.05, 0) is 40.4 Å². The molecular formula is C12H13BrN2O3. The van der Waals surface area contributed by atoms with Crippen LogP contribution in [0.15, 0.2) is 22.9 Å². The van der Waals surface area contributed by atoms with Crippen LogP contribution < -0.4 is 5.32 Å². The number of rotatable bonds is 5. The van der Waals surface area contributed by atoms with Gasteiger partial charge in [0.15, 0.2) is 0 Å². The molecule has 2 rings (SSSR count). The van der Waals surface area contributed by atoms with Crippen molar-refractivity contribution >= 4 is 27.8 Å². The predicted octanol–water partition coefficient (Wildman–Crippen LogP) is 1.37. The molecule has 0 aromatic carbocycles. The van der Waals surface area contributed by atoms with Crippen LogP contribution in [0.5, 0.6) is 0 Å².